The zero-order valence-electron chi connectivity index (χ0n) is 16.9. The van der Waals surface area contributed by atoms with E-state index in [1.165, 1.54) is 0 Å². The van der Waals surface area contributed by atoms with E-state index >= 15 is 0 Å². The molecule has 30 heavy (non-hydrogen) atoms. The van der Waals surface area contributed by atoms with Crippen molar-refractivity contribution < 1.29 is 24.1 Å². The summed E-state index contributed by atoms with van der Waals surface area (Å²) in [6.45, 7) is 2.85. The third-order valence-corrected chi connectivity index (χ3v) is 4.27. The van der Waals surface area contributed by atoms with Crippen molar-refractivity contribution in [2.75, 3.05) is 13.7 Å². The van der Waals surface area contributed by atoms with Crippen molar-refractivity contribution in [1.82, 2.24) is 0 Å². The molecule has 0 spiro atoms. The SMILES string of the molecule is CCOc1cccc(N=Cc2ccc(OCc3ccc(C(=O)O)cc3)c(OC)c2)c1. The molecule has 0 aliphatic carbocycles. The lowest BCUT2D eigenvalue weighted by atomic mass is 10.1. The van der Waals surface area contributed by atoms with E-state index in [1.54, 1.807) is 37.6 Å². The standard InChI is InChI=1S/C24H23NO5/c1-3-29-21-6-4-5-20(14-21)25-15-18-9-12-22(23(13-18)28-2)30-16-17-7-10-19(11-8-17)24(26)27/h4-15H,3,16H2,1-2H3,(H,26,27). The van der Waals surface area contributed by atoms with Gasteiger partial charge in [0.15, 0.2) is 11.5 Å². The van der Waals surface area contributed by atoms with Crippen LogP contribution in [0.15, 0.2) is 71.7 Å². The van der Waals surface area contributed by atoms with Crippen molar-refractivity contribution >= 4 is 17.9 Å². The van der Waals surface area contributed by atoms with Gasteiger partial charge >= 0.3 is 5.97 Å². The second-order valence-corrected chi connectivity index (χ2v) is 6.39. The van der Waals surface area contributed by atoms with Crippen LogP contribution in [0.4, 0.5) is 5.69 Å². The van der Waals surface area contributed by atoms with E-state index in [9.17, 15) is 4.79 Å². The Bertz CT molecular complexity index is 1030. The van der Waals surface area contributed by atoms with Gasteiger partial charge in [-0.05, 0) is 60.5 Å². The van der Waals surface area contributed by atoms with Crippen molar-refractivity contribution in [1.29, 1.82) is 0 Å². The summed E-state index contributed by atoms with van der Waals surface area (Å²) >= 11 is 0. The number of ether oxygens (including phenoxy) is 3. The van der Waals surface area contributed by atoms with E-state index in [-0.39, 0.29) is 5.56 Å². The van der Waals surface area contributed by atoms with Crippen LogP contribution in [-0.2, 0) is 6.61 Å². The molecule has 6 heteroatoms. The Morgan fingerprint density at radius 1 is 1.00 bits per heavy atom. The second-order valence-electron chi connectivity index (χ2n) is 6.39. The minimum Gasteiger partial charge on any atom is -0.494 e. The monoisotopic (exact) mass is 405 g/mol. The highest BCUT2D eigenvalue weighted by Crippen LogP contribution is 2.29. The van der Waals surface area contributed by atoms with Gasteiger partial charge in [0.05, 0.1) is 25.0 Å². The highest BCUT2D eigenvalue weighted by molar-refractivity contribution is 5.87. The van der Waals surface area contributed by atoms with Crippen molar-refractivity contribution in [2.45, 2.75) is 13.5 Å². The van der Waals surface area contributed by atoms with Gasteiger partial charge < -0.3 is 19.3 Å². The van der Waals surface area contributed by atoms with E-state index in [0.29, 0.717) is 24.7 Å². The number of rotatable bonds is 9. The van der Waals surface area contributed by atoms with Crippen LogP contribution < -0.4 is 14.2 Å². The predicted molar refractivity (Wildman–Crippen MR) is 116 cm³/mol. The number of carboxylic acids is 1. The van der Waals surface area contributed by atoms with Gasteiger partial charge in [-0.15, -0.1) is 0 Å². The second kappa shape index (κ2) is 10.1. The molecular weight excluding hydrogens is 382 g/mol. The summed E-state index contributed by atoms with van der Waals surface area (Å²) in [7, 11) is 1.58. The zero-order chi connectivity index (χ0) is 21.3. The van der Waals surface area contributed by atoms with Crippen LogP contribution in [-0.4, -0.2) is 31.0 Å². The van der Waals surface area contributed by atoms with Gasteiger partial charge in [-0.1, -0.05) is 18.2 Å². The van der Waals surface area contributed by atoms with Crippen LogP contribution in [0.2, 0.25) is 0 Å². The van der Waals surface area contributed by atoms with Gasteiger partial charge in [-0.25, -0.2) is 4.79 Å². The Hall–Kier alpha value is -3.80. The molecule has 0 heterocycles. The Kier molecular flexibility index (Phi) is 7.05. The summed E-state index contributed by atoms with van der Waals surface area (Å²) in [4.78, 5) is 15.4. The Balaban J connectivity index is 1.68. The van der Waals surface area contributed by atoms with Gasteiger partial charge in [0.25, 0.3) is 0 Å². The molecule has 1 N–H and O–H groups in total. The van der Waals surface area contributed by atoms with Crippen molar-refractivity contribution in [3.8, 4) is 17.2 Å². The number of nitrogens with zero attached hydrogens (tertiary/aromatic N) is 1. The third-order valence-electron chi connectivity index (χ3n) is 4.27. The average Bonchev–Trinajstić information content (AvgIpc) is 2.77. The van der Waals surface area contributed by atoms with Crippen molar-refractivity contribution in [3.05, 3.63) is 83.4 Å². The highest BCUT2D eigenvalue weighted by atomic mass is 16.5. The molecule has 0 saturated carbocycles. The van der Waals surface area contributed by atoms with Crippen LogP contribution in [0.3, 0.4) is 0 Å². The van der Waals surface area contributed by atoms with Crippen molar-refractivity contribution in [3.63, 3.8) is 0 Å². The smallest absolute Gasteiger partial charge is 0.335 e. The van der Waals surface area contributed by atoms with Crippen LogP contribution in [0.5, 0.6) is 17.2 Å². The van der Waals surface area contributed by atoms with Gasteiger partial charge in [-0.2, -0.15) is 0 Å². The van der Waals surface area contributed by atoms with Gasteiger partial charge in [0, 0.05) is 12.3 Å². The quantitative estimate of drug-likeness (QED) is 0.500. The first-order valence-corrected chi connectivity index (χ1v) is 9.49. The lowest BCUT2D eigenvalue weighted by Gasteiger charge is -2.11. The van der Waals surface area contributed by atoms with E-state index < -0.39 is 5.97 Å². The van der Waals surface area contributed by atoms with E-state index in [1.807, 2.05) is 49.4 Å². The number of benzene rings is 3. The number of carboxylic acid groups (broad SMARTS) is 1. The van der Waals surface area contributed by atoms with E-state index in [4.69, 9.17) is 19.3 Å². The summed E-state index contributed by atoms with van der Waals surface area (Å²) in [6, 6.07) is 19.7. The van der Waals surface area contributed by atoms with E-state index in [0.717, 1.165) is 22.6 Å². The molecule has 0 amide bonds. The van der Waals surface area contributed by atoms with E-state index in [2.05, 4.69) is 4.99 Å². The fraction of sp³-hybridized carbons (Fsp3) is 0.167. The number of aromatic carboxylic acids is 1. The van der Waals surface area contributed by atoms with Crippen LogP contribution >= 0.6 is 0 Å². The summed E-state index contributed by atoms with van der Waals surface area (Å²) in [5.41, 5.74) is 2.77. The van der Waals surface area contributed by atoms with Gasteiger partial charge in [0.1, 0.15) is 12.4 Å². The summed E-state index contributed by atoms with van der Waals surface area (Å²) in [5, 5.41) is 8.97. The molecule has 0 aromatic heterocycles. The molecular formula is C24H23NO5. The van der Waals surface area contributed by atoms with Gasteiger partial charge in [0.2, 0.25) is 0 Å². The first-order valence-electron chi connectivity index (χ1n) is 9.49. The topological polar surface area (TPSA) is 77.4 Å². The molecule has 0 fully saturated rings. The summed E-state index contributed by atoms with van der Waals surface area (Å²) in [6.07, 6.45) is 1.75. The first-order chi connectivity index (χ1) is 14.6. The Labute approximate surface area is 175 Å². The van der Waals surface area contributed by atoms with Crippen LogP contribution in [0.25, 0.3) is 0 Å². The minimum atomic E-state index is -0.953. The fourth-order valence-electron chi connectivity index (χ4n) is 2.76. The molecule has 154 valence electrons. The molecule has 0 aliphatic heterocycles. The number of carbonyl (C=O) groups is 1. The fourth-order valence-corrected chi connectivity index (χ4v) is 2.76. The molecule has 0 unspecified atom stereocenters. The predicted octanol–water partition coefficient (Wildman–Crippen LogP) is 5.12. The van der Waals surface area contributed by atoms with Crippen LogP contribution in [0, 0.1) is 0 Å². The lowest BCUT2D eigenvalue weighted by molar-refractivity contribution is 0.0697. The molecule has 6 nitrogen and oxygen atoms in total. The molecule has 3 rings (SSSR count). The average molecular weight is 405 g/mol. The number of hydrogen-bond donors (Lipinski definition) is 1. The summed E-state index contributed by atoms with van der Waals surface area (Å²) < 4.78 is 16.8. The molecule has 3 aromatic rings. The Morgan fingerprint density at radius 2 is 1.80 bits per heavy atom. The molecule has 3 aromatic carbocycles. The number of aliphatic imine (C=N–C) groups is 1. The minimum absolute atomic E-state index is 0.242. The lowest BCUT2D eigenvalue weighted by Crippen LogP contribution is -2.00. The van der Waals surface area contributed by atoms with Gasteiger partial charge in [-0.3, -0.25) is 4.99 Å². The van der Waals surface area contributed by atoms with Crippen LogP contribution in [0.1, 0.15) is 28.4 Å². The highest BCUT2D eigenvalue weighted by Gasteiger charge is 2.07. The number of hydrogen-bond acceptors (Lipinski definition) is 5. The third kappa shape index (κ3) is 5.61. The summed E-state index contributed by atoms with van der Waals surface area (Å²) in [5.74, 6) is 1.01. The maximum absolute atomic E-state index is 10.9. The van der Waals surface area contributed by atoms with Crippen molar-refractivity contribution in [2.24, 2.45) is 4.99 Å². The maximum Gasteiger partial charge on any atom is 0.335 e. The molecule has 0 saturated heterocycles. The molecule has 0 aliphatic rings. The Morgan fingerprint density at radius 3 is 2.50 bits per heavy atom. The molecule has 0 atom stereocenters. The largest absolute Gasteiger partial charge is 0.494 e. The first kappa shape index (κ1) is 20.9. The molecule has 0 radical (unpaired) electrons. The maximum atomic E-state index is 10.9. The molecule has 0 bridgehead atoms. The number of methoxy groups -OCH3 is 1. The zero-order valence-corrected chi connectivity index (χ0v) is 16.9. The normalized spacial score (nSPS) is 10.7.